The van der Waals surface area contributed by atoms with E-state index in [0.29, 0.717) is 11.0 Å². The lowest BCUT2D eigenvalue weighted by Crippen LogP contribution is -2.28. The Morgan fingerprint density at radius 2 is 1.78 bits per heavy atom. The maximum Gasteiger partial charge on any atom is 0.347 e. The van der Waals surface area contributed by atoms with E-state index in [1.54, 1.807) is 43.5 Å². The Morgan fingerprint density at radius 1 is 1.11 bits per heavy atom. The van der Waals surface area contributed by atoms with Crippen LogP contribution in [0.2, 0.25) is 0 Å². The first-order valence-corrected chi connectivity index (χ1v) is 8.82. The zero-order chi connectivity index (χ0) is 19.6. The standard InChI is InChI=1S/C23H23NO3/c1-15-9-5-7-11-18(15)23(2,3)20(24-4)14-13-17-21(25)16-10-6-8-12-19(16)27-22(17)26/h5-14,25H,1-4H3/b14-13+,24-20?. The third kappa shape index (κ3) is 3.43. The van der Waals surface area contributed by atoms with Gasteiger partial charge in [0.1, 0.15) is 16.9 Å². The van der Waals surface area contributed by atoms with Crippen molar-refractivity contribution in [3.8, 4) is 5.75 Å². The van der Waals surface area contributed by atoms with Crippen molar-refractivity contribution in [1.82, 2.24) is 0 Å². The summed E-state index contributed by atoms with van der Waals surface area (Å²) in [5.74, 6) is -0.0812. The third-order valence-corrected chi connectivity index (χ3v) is 4.93. The predicted octanol–water partition coefficient (Wildman–Crippen LogP) is 4.87. The van der Waals surface area contributed by atoms with E-state index in [-0.39, 0.29) is 16.7 Å². The molecular formula is C23H23NO3. The minimum atomic E-state index is -0.577. The number of hydrogen-bond donors (Lipinski definition) is 1. The lowest BCUT2D eigenvalue weighted by atomic mass is 9.77. The first-order valence-electron chi connectivity index (χ1n) is 8.82. The van der Waals surface area contributed by atoms with Gasteiger partial charge >= 0.3 is 5.63 Å². The van der Waals surface area contributed by atoms with E-state index in [9.17, 15) is 9.90 Å². The minimum Gasteiger partial charge on any atom is -0.506 e. The molecule has 0 radical (unpaired) electrons. The van der Waals surface area contributed by atoms with Crippen LogP contribution in [0.15, 0.2) is 68.8 Å². The summed E-state index contributed by atoms with van der Waals surface area (Å²) in [7, 11) is 1.72. The van der Waals surface area contributed by atoms with Crippen molar-refractivity contribution >= 4 is 22.8 Å². The molecule has 1 N–H and O–H groups in total. The van der Waals surface area contributed by atoms with Gasteiger partial charge in [-0.3, -0.25) is 4.99 Å². The highest BCUT2D eigenvalue weighted by Crippen LogP contribution is 2.30. The van der Waals surface area contributed by atoms with Gasteiger partial charge in [-0.25, -0.2) is 4.79 Å². The molecule has 0 fully saturated rings. The zero-order valence-electron chi connectivity index (χ0n) is 16.0. The van der Waals surface area contributed by atoms with E-state index in [1.165, 1.54) is 5.56 Å². The lowest BCUT2D eigenvalue weighted by Gasteiger charge is -2.27. The van der Waals surface area contributed by atoms with Crippen molar-refractivity contribution in [2.75, 3.05) is 7.05 Å². The highest BCUT2D eigenvalue weighted by atomic mass is 16.4. The van der Waals surface area contributed by atoms with Crippen LogP contribution in [0.5, 0.6) is 5.75 Å². The van der Waals surface area contributed by atoms with Gasteiger partial charge in [0.2, 0.25) is 0 Å². The summed E-state index contributed by atoms with van der Waals surface area (Å²) in [6.07, 6.45) is 3.35. The van der Waals surface area contributed by atoms with Gasteiger partial charge in [0, 0.05) is 18.2 Å². The number of aromatic hydroxyl groups is 1. The maximum atomic E-state index is 12.3. The van der Waals surface area contributed by atoms with Crippen molar-refractivity contribution in [3.63, 3.8) is 0 Å². The molecule has 3 rings (SSSR count). The SMILES string of the molecule is CN=C(/C=C/c1c(O)c2ccccc2oc1=O)C(C)(C)c1ccccc1C. The molecule has 0 unspecified atom stereocenters. The highest BCUT2D eigenvalue weighted by molar-refractivity contribution is 6.06. The first kappa shape index (κ1) is 18.6. The van der Waals surface area contributed by atoms with Crippen LogP contribution in [-0.2, 0) is 5.41 Å². The van der Waals surface area contributed by atoms with Crippen molar-refractivity contribution < 1.29 is 9.52 Å². The smallest absolute Gasteiger partial charge is 0.347 e. The number of aliphatic imine (C=N–C) groups is 1. The van der Waals surface area contributed by atoms with Crippen LogP contribution in [0.1, 0.15) is 30.5 Å². The van der Waals surface area contributed by atoms with Gasteiger partial charge < -0.3 is 9.52 Å². The Balaban J connectivity index is 2.06. The first-order chi connectivity index (χ1) is 12.9. The fourth-order valence-corrected chi connectivity index (χ4v) is 3.43. The van der Waals surface area contributed by atoms with Crippen LogP contribution in [0.25, 0.3) is 17.0 Å². The molecule has 0 aliphatic carbocycles. The molecule has 0 atom stereocenters. The summed E-state index contributed by atoms with van der Waals surface area (Å²) in [6, 6.07) is 15.1. The summed E-state index contributed by atoms with van der Waals surface area (Å²) in [6.45, 7) is 6.24. The monoisotopic (exact) mass is 361 g/mol. The third-order valence-electron chi connectivity index (χ3n) is 4.93. The summed E-state index contributed by atoms with van der Waals surface area (Å²) in [5.41, 5.74) is 2.67. The Kier molecular flexibility index (Phi) is 5.00. The summed E-state index contributed by atoms with van der Waals surface area (Å²) in [4.78, 5) is 16.7. The fraction of sp³-hybridized carbons (Fsp3) is 0.217. The molecule has 0 saturated heterocycles. The molecule has 4 nitrogen and oxygen atoms in total. The van der Waals surface area contributed by atoms with Crippen molar-refractivity contribution in [3.05, 3.63) is 81.7 Å². The number of aryl methyl sites for hydroxylation is 1. The molecule has 1 heterocycles. The Morgan fingerprint density at radius 3 is 2.48 bits per heavy atom. The topological polar surface area (TPSA) is 62.8 Å². The number of benzene rings is 2. The Labute approximate surface area is 158 Å². The number of fused-ring (bicyclic) bond motifs is 1. The number of nitrogens with zero attached hydrogens (tertiary/aromatic N) is 1. The summed E-state index contributed by atoms with van der Waals surface area (Å²) < 4.78 is 5.32. The second-order valence-corrected chi connectivity index (χ2v) is 7.03. The Hall–Kier alpha value is -3.14. The average Bonchev–Trinajstić information content (AvgIpc) is 2.64. The van der Waals surface area contributed by atoms with E-state index in [4.69, 9.17) is 4.42 Å². The predicted molar refractivity (Wildman–Crippen MR) is 111 cm³/mol. The number of hydrogen-bond acceptors (Lipinski definition) is 4. The summed E-state index contributed by atoms with van der Waals surface area (Å²) in [5, 5.41) is 11.0. The van der Waals surface area contributed by atoms with Crippen LogP contribution >= 0.6 is 0 Å². The molecule has 4 heteroatoms. The molecule has 0 saturated carbocycles. The molecule has 27 heavy (non-hydrogen) atoms. The molecular weight excluding hydrogens is 338 g/mol. The minimum absolute atomic E-state index is 0.0812. The van der Waals surface area contributed by atoms with Crippen molar-refractivity contribution in [2.24, 2.45) is 4.99 Å². The maximum absolute atomic E-state index is 12.3. The zero-order valence-corrected chi connectivity index (χ0v) is 16.0. The van der Waals surface area contributed by atoms with Crippen LogP contribution < -0.4 is 5.63 Å². The van der Waals surface area contributed by atoms with Crippen molar-refractivity contribution in [2.45, 2.75) is 26.2 Å². The fourth-order valence-electron chi connectivity index (χ4n) is 3.43. The second-order valence-electron chi connectivity index (χ2n) is 7.03. The normalized spacial score (nSPS) is 12.8. The van der Waals surface area contributed by atoms with Gasteiger partial charge in [-0.1, -0.05) is 50.2 Å². The molecule has 138 valence electrons. The van der Waals surface area contributed by atoms with E-state index in [0.717, 1.165) is 11.3 Å². The summed E-state index contributed by atoms with van der Waals surface area (Å²) >= 11 is 0. The van der Waals surface area contributed by atoms with Gasteiger partial charge in [0.15, 0.2) is 0 Å². The molecule has 0 aliphatic rings. The van der Waals surface area contributed by atoms with E-state index < -0.39 is 5.63 Å². The van der Waals surface area contributed by atoms with Gasteiger partial charge in [0.25, 0.3) is 0 Å². The van der Waals surface area contributed by atoms with Crippen LogP contribution in [-0.4, -0.2) is 17.9 Å². The molecule has 0 amide bonds. The lowest BCUT2D eigenvalue weighted by molar-refractivity contribution is 0.466. The van der Waals surface area contributed by atoms with Crippen LogP contribution in [0, 0.1) is 6.92 Å². The largest absolute Gasteiger partial charge is 0.506 e. The average molecular weight is 361 g/mol. The number of para-hydroxylation sites is 1. The van der Waals surface area contributed by atoms with Crippen LogP contribution in [0.3, 0.4) is 0 Å². The van der Waals surface area contributed by atoms with Gasteiger partial charge in [0.05, 0.1) is 5.39 Å². The molecule has 0 spiro atoms. The molecule has 0 aliphatic heterocycles. The van der Waals surface area contributed by atoms with Crippen molar-refractivity contribution in [1.29, 1.82) is 0 Å². The number of rotatable bonds is 4. The van der Waals surface area contributed by atoms with E-state index >= 15 is 0 Å². The highest BCUT2D eigenvalue weighted by Gasteiger charge is 2.27. The molecule has 0 bridgehead atoms. The molecule has 1 aromatic heterocycles. The van der Waals surface area contributed by atoms with Crippen LogP contribution in [0.4, 0.5) is 0 Å². The number of allylic oxidation sites excluding steroid dienone is 1. The second kappa shape index (κ2) is 7.23. The van der Waals surface area contributed by atoms with E-state index in [1.807, 2.05) is 12.1 Å². The molecule has 3 aromatic rings. The Bertz CT molecular complexity index is 1100. The quantitative estimate of drug-likeness (QED) is 0.533. The molecule has 2 aromatic carbocycles. The van der Waals surface area contributed by atoms with Gasteiger partial charge in [-0.05, 0) is 42.3 Å². The van der Waals surface area contributed by atoms with Gasteiger partial charge in [-0.15, -0.1) is 0 Å². The van der Waals surface area contributed by atoms with E-state index in [2.05, 4.69) is 37.9 Å². The van der Waals surface area contributed by atoms with Gasteiger partial charge in [-0.2, -0.15) is 0 Å².